The second-order valence-electron chi connectivity index (χ2n) is 4.57. The van der Waals surface area contributed by atoms with Crippen molar-refractivity contribution < 1.29 is 15.0 Å². The molecule has 0 amide bonds. The average Bonchev–Trinajstić information content (AvgIpc) is 2.50. The van der Waals surface area contributed by atoms with Gasteiger partial charge in [0, 0.05) is 13.1 Å². The van der Waals surface area contributed by atoms with Gasteiger partial charge >= 0.3 is 5.97 Å². The Morgan fingerprint density at radius 1 is 1.53 bits per heavy atom. The normalized spacial score (nSPS) is 21.9. The van der Waals surface area contributed by atoms with Crippen molar-refractivity contribution in [2.24, 2.45) is 5.73 Å². The van der Waals surface area contributed by atoms with E-state index in [1.54, 1.807) is 11.9 Å². The summed E-state index contributed by atoms with van der Waals surface area (Å²) in [5.74, 6) is -1.000. The first-order chi connectivity index (χ1) is 6.93. The van der Waals surface area contributed by atoms with Crippen LogP contribution >= 0.6 is 0 Å². The standard InChI is InChI=1S/C10H20N2O3/c1-12(6-8(11)9(13)14)7-10(15)4-2-3-5-10/h8,15H,2-7,11H2,1H3,(H,13,14). The number of rotatable bonds is 5. The van der Waals surface area contributed by atoms with E-state index in [9.17, 15) is 9.90 Å². The summed E-state index contributed by atoms with van der Waals surface area (Å²) in [6, 6.07) is -0.875. The van der Waals surface area contributed by atoms with E-state index in [0.29, 0.717) is 6.54 Å². The third kappa shape index (κ3) is 3.77. The van der Waals surface area contributed by atoms with Crippen LogP contribution in [0, 0.1) is 0 Å². The molecule has 0 aromatic rings. The van der Waals surface area contributed by atoms with Gasteiger partial charge in [0.05, 0.1) is 5.60 Å². The Hall–Kier alpha value is -0.650. The van der Waals surface area contributed by atoms with Crippen LogP contribution in [0.3, 0.4) is 0 Å². The van der Waals surface area contributed by atoms with Gasteiger partial charge in [0.25, 0.3) is 0 Å². The van der Waals surface area contributed by atoms with Gasteiger partial charge in [-0.1, -0.05) is 12.8 Å². The Labute approximate surface area is 89.9 Å². The number of nitrogens with two attached hydrogens (primary N) is 1. The van der Waals surface area contributed by atoms with Gasteiger partial charge in [0.15, 0.2) is 0 Å². The van der Waals surface area contributed by atoms with Crippen molar-refractivity contribution in [1.82, 2.24) is 4.90 Å². The Morgan fingerprint density at radius 3 is 2.53 bits per heavy atom. The molecule has 0 bridgehead atoms. The van der Waals surface area contributed by atoms with Crippen LogP contribution in [0.25, 0.3) is 0 Å². The molecular weight excluding hydrogens is 196 g/mol. The highest BCUT2D eigenvalue weighted by Gasteiger charge is 2.32. The number of aliphatic carboxylic acids is 1. The van der Waals surface area contributed by atoms with E-state index in [2.05, 4.69) is 0 Å². The lowest BCUT2D eigenvalue weighted by Gasteiger charge is -2.29. The number of aliphatic hydroxyl groups is 1. The molecule has 1 rings (SSSR count). The van der Waals surface area contributed by atoms with Gasteiger partial charge < -0.3 is 20.8 Å². The lowest BCUT2D eigenvalue weighted by Crippen LogP contribution is -2.46. The summed E-state index contributed by atoms with van der Waals surface area (Å²) < 4.78 is 0. The molecule has 4 N–H and O–H groups in total. The van der Waals surface area contributed by atoms with Crippen molar-refractivity contribution >= 4 is 5.97 Å². The zero-order valence-electron chi connectivity index (χ0n) is 9.15. The molecular formula is C10H20N2O3. The first-order valence-electron chi connectivity index (χ1n) is 5.32. The van der Waals surface area contributed by atoms with Crippen molar-refractivity contribution in [1.29, 1.82) is 0 Å². The van der Waals surface area contributed by atoms with Crippen molar-refractivity contribution in [3.8, 4) is 0 Å². The summed E-state index contributed by atoms with van der Waals surface area (Å²) in [6.45, 7) is 0.783. The van der Waals surface area contributed by atoms with Gasteiger partial charge in [-0.15, -0.1) is 0 Å². The van der Waals surface area contributed by atoms with Crippen LogP contribution in [0.2, 0.25) is 0 Å². The first-order valence-corrected chi connectivity index (χ1v) is 5.32. The zero-order chi connectivity index (χ0) is 11.5. The van der Waals surface area contributed by atoms with Crippen LogP contribution in [0.4, 0.5) is 0 Å². The van der Waals surface area contributed by atoms with Crippen molar-refractivity contribution in [3.63, 3.8) is 0 Å². The molecule has 1 saturated carbocycles. The highest BCUT2D eigenvalue weighted by atomic mass is 16.4. The molecule has 5 nitrogen and oxygen atoms in total. The maximum Gasteiger partial charge on any atom is 0.321 e. The van der Waals surface area contributed by atoms with Crippen molar-refractivity contribution in [3.05, 3.63) is 0 Å². The molecule has 0 radical (unpaired) electrons. The second-order valence-corrected chi connectivity index (χ2v) is 4.57. The van der Waals surface area contributed by atoms with Gasteiger partial charge in [-0.2, -0.15) is 0 Å². The average molecular weight is 216 g/mol. The lowest BCUT2D eigenvalue weighted by atomic mass is 10.0. The van der Waals surface area contributed by atoms with Gasteiger partial charge in [0.1, 0.15) is 6.04 Å². The van der Waals surface area contributed by atoms with Gasteiger partial charge in [-0.25, -0.2) is 0 Å². The fraction of sp³-hybridized carbons (Fsp3) is 0.900. The Bertz CT molecular complexity index is 227. The number of carboxylic acid groups (broad SMARTS) is 1. The van der Waals surface area contributed by atoms with Crippen LogP contribution in [-0.2, 0) is 4.79 Å². The highest BCUT2D eigenvalue weighted by Crippen LogP contribution is 2.29. The molecule has 1 atom stereocenters. The van der Waals surface area contributed by atoms with Gasteiger partial charge in [0.2, 0.25) is 0 Å². The van der Waals surface area contributed by atoms with E-state index in [1.807, 2.05) is 0 Å². The SMILES string of the molecule is CN(CC(N)C(=O)O)CC1(O)CCCC1. The minimum Gasteiger partial charge on any atom is -0.480 e. The van der Waals surface area contributed by atoms with E-state index in [1.165, 1.54) is 0 Å². The van der Waals surface area contributed by atoms with Crippen LogP contribution in [-0.4, -0.2) is 52.9 Å². The third-order valence-corrected chi connectivity index (χ3v) is 2.92. The molecule has 0 aliphatic heterocycles. The summed E-state index contributed by atoms with van der Waals surface area (Å²) in [5, 5.41) is 18.7. The number of carboxylic acids is 1. The number of hydrogen-bond donors (Lipinski definition) is 3. The predicted molar refractivity (Wildman–Crippen MR) is 56.5 cm³/mol. The fourth-order valence-electron chi connectivity index (χ4n) is 2.17. The van der Waals surface area contributed by atoms with E-state index < -0.39 is 17.6 Å². The molecule has 0 spiro atoms. The summed E-state index contributed by atoms with van der Waals surface area (Å²) >= 11 is 0. The van der Waals surface area contributed by atoms with E-state index >= 15 is 0 Å². The lowest BCUT2D eigenvalue weighted by molar-refractivity contribution is -0.139. The molecule has 88 valence electrons. The molecule has 1 unspecified atom stereocenters. The topological polar surface area (TPSA) is 86.8 Å². The van der Waals surface area contributed by atoms with Crippen LogP contribution in [0.15, 0.2) is 0 Å². The Morgan fingerprint density at radius 2 is 2.07 bits per heavy atom. The summed E-state index contributed by atoms with van der Waals surface area (Å²) in [5.41, 5.74) is 4.78. The zero-order valence-corrected chi connectivity index (χ0v) is 9.15. The summed E-state index contributed by atoms with van der Waals surface area (Å²) in [6.07, 6.45) is 3.71. The minimum atomic E-state index is -1.000. The maximum atomic E-state index is 10.5. The van der Waals surface area contributed by atoms with Gasteiger partial charge in [-0.3, -0.25) is 4.79 Å². The van der Waals surface area contributed by atoms with E-state index in [-0.39, 0.29) is 6.54 Å². The largest absolute Gasteiger partial charge is 0.480 e. The first kappa shape index (κ1) is 12.4. The highest BCUT2D eigenvalue weighted by molar-refractivity contribution is 5.73. The Balaban J connectivity index is 2.34. The molecule has 5 heteroatoms. The molecule has 15 heavy (non-hydrogen) atoms. The smallest absolute Gasteiger partial charge is 0.321 e. The molecule has 1 fully saturated rings. The monoisotopic (exact) mass is 216 g/mol. The number of hydrogen-bond acceptors (Lipinski definition) is 4. The van der Waals surface area contributed by atoms with Crippen LogP contribution in [0.5, 0.6) is 0 Å². The molecule has 0 heterocycles. The minimum absolute atomic E-state index is 0.275. The van der Waals surface area contributed by atoms with Crippen molar-refractivity contribution in [2.75, 3.05) is 20.1 Å². The molecule has 1 aliphatic rings. The summed E-state index contributed by atoms with van der Waals surface area (Å²) in [4.78, 5) is 12.3. The van der Waals surface area contributed by atoms with Gasteiger partial charge in [-0.05, 0) is 19.9 Å². The Kier molecular flexibility index (Phi) is 4.07. The van der Waals surface area contributed by atoms with Crippen molar-refractivity contribution in [2.45, 2.75) is 37.3 Å². The molecule has 0 aromatic heterocycles. The van der Waals surface area contributed by atoms with E-state index in [4.69, 9.17) is 10.8 Å². The number of nitrogens with zero attached hydrogens (tertiary/aromatic N) is 1. The quantitative estimate of drug-likeness (QED) is 0.584. The fourth-order valence-corrected chi connectivity index (χ4v) is 2.17. The maximum absolute atomic E-state index is 10.5. The van der Waals surface area contributed by atoms with Crippen LogP contribution < -0.4 is 5.73 Å². The summed E-state index contributed by atoms with van der Waals surface area (Å²) in [7, 11) is 1.79. The molecule has 0 aromatic carbocycles. The number of carbonyl (C=O) groups is 1. The predicted octanol–water partition coefficient (Wildman–Crippen LogP) is -0.365. The van der Waals surface area contributed by atoms with Crippen LogP contribution in [0.1, 0.15) is 25.7 Å². The molecule has 0 saturated heterocycles. The second kappa shape index (κ2) is 4.92. The number of likely N-dealkylation sites (N-methyl/N-ethyl adjacent to an activating group) is 1. The van der Waals surface area contributed by atoms with E-state index in [0.717, 1.165) is 25.7 Å². The third-order valence-electron chi connectivity index (χ3n) is 2.92. The molecule has 1 aliphatic carbocycles.